The fraction of sp³-hybridized carbons (Fsp3) is 0.500. The SMILES string of the molecule is CC(C)CC(C)Nc1nc(N)cn2ccnc12. The van der Waals surface area contributed by atoms with Crippen LogP contribution in [0.1, 0.15) is 27.2 Å². The summed E-state index contributed by atoms with van der Waals surface area (Å²) in [6.45, 7) is 6.55. The lowest BCUT2D eigenvalue weighted by Gasteiger charge is -2.17. The predicted octanol–water partition coefficient (Wildman–Crippen LogP) is 2.16. The molecule has 2 aromatic rings. The Bertz CT molecular complexity index is 503. The first-order chi connectivity index (χ1) is 8.06. The van der Waals surface area contributed by atoms with Crippen LogP contribution in [-0.2, 0) is 0 Å². The van der Waals surface area contributed by atoms with Crippen LogP contribution in [0.5, 0.6) is 0 Å². The van der Waals surface area contributed by atoms with Crippen LogP contribution in [0.15, 0.2) is 18.6 Å². The molecule has 0 aliphatic rings. The third-order valence-corrected chi connectivity index (χ3v) is 2.60. The highest BCUT2D eigenvalue weighted by molar-refractivity contribution is 5.65. The summed E-state index contributed by atoms with van der Waals surface area (Å²) in [5.41, 5.74) is 6.58. The number of rotatable bonds is 4. The summed E-state index contributed by atoms with van der Waals surface area (Å²) in [7, 11) is 0. The van der Waals surface area contributed by atoms with Gasteiger partial charge in [-0.15, -0.1) is 0 Å². The lowest BCUT2D eigenvalue weighted by Crippen LogP contribution is -2.19. The van der Waals surface area contributed by atoms with Gasteiger partial charge in [-0.05, 0) is 19.3 Å². The standard InChI is InChI=1S/C12H19N5/c1-8(2)6-9(3)15-11-12-14-4-5-17(12)7-10(13)16-11/h4-5,7-9H,6,13H2,1-3H3,(H,15,16). The van der Waals surface area contributed by atoms with Gasteiger partial charge < -0.3 is 15.5 Å². The molecule has 2 rings (SSSR count). The maximum atomic E-state index is 5.76. The number of nitrogens with two attached hydrogens (primary N) is 1. The Hall–Kier alpha value is -1.78. The minimum atomic E-state index is 0.352. The van der Waals surface area contributed by atoms with E-state index in [0.29, 0.717) is 17.8 Å². The number of anilines is 2. The van der Waals surface area contributed by atoms with Gasteiger partial charge in [-0.1, -0.05) is 13.8 Å². The number of nitrogen functional groups attached to an aromatic ring is 1. The lowest BCUT2D eigenvalue weighted by molar-refractivity contribution is 0.539. The lowest BCUT2D eigenvalue weighted by atomic mass is 10.1. The molecule has 5 nitrogen and oxygen atoms in total. The summed E-state index contributed by atoms with van der Waals surface area (Å²) in [6.07, 6.45) is 6.46. The van der Waals surface area contributed by atoms with Crippen LogP contribution in [0.4, 0.5) is 11.6 Å². The fourth-order valence-corrected chi connectivity index (χ4v) is 2.05. The molecule has 0 aliphatic heterocycles. The van der Waals surface area contributed by atoms with Crippen molar-refractivity contribution in [2.75, 3.05) is 11.1 Å². The Morgan fingerprint density at radius 3 is 2.88 bits per heavy atom. The van der Waals surface area contributed by atoms with Gasteiger partial charge in [-0.25, -0.2) is 9.97 Å². The first-order valence-corrected chi connectivity index (χ1v) is 5.92. The van der Waals surface area contributed by atoms with Crippen LogP contribution < -0.4 is 11.1 Å². The highest BCUT2D eigenvalue weighted by Gasteiger charge is 2.10. The minimum absolute atomic E-state index is 0.352. The van der Waals surface area contributed by atoms with Crippen LogP contribution >= 0.6 is 0 Å². The second kappa shape index (κ2) is 4.61. The molecule has 3 N–H and O–H groups in total. The zero-order chi connectivity index (χ0) is 12.4. The molecule has 17 heavy (non-hydrogen) atoms. The zero-order valence-electron chi connectivity index (χ0n) is 10.5. The third kappa shape index (κ3) is 2.67. The molecule has 0 bridgehead atoms. The first-order valence-electron chi connectivity index (χ1n) is 5.92. The topological polar surface area (TPSA) is 68.2 Å². The molecule has 92 valence electrons. The van der Waals surface area contributed by atoms with Crippen LogP contribution in [0.3, 0.4) is 0 Å². The van der Waals surface area contributed by atoms with E-state index in [-0.39, 0.29) is 0 Å². The Morgan fingerprint density at radius 1 is 1.41 bits per heavy atom. The van der Waals surface area contributed by atoms with E-state index in [0.717, 1.165) is 17.9 Å². The third-order valence-electron chi connectivity index (χ3n) is 2.60. The zero-order valence-corrected chi connectivity index (χ0v) is 10.5. The summed E-state index contributed by atoms with van der Waals surface area (Å²) in [6, 6.07) is 0.352. The number of hydrogen-bond donors (Lipinski definition) is 2. The Kier molecular flexibility index (Phi) is 3.17. The van der Waals surface area contributed by atoms with E-state index < -0.39 is 0 Å². The molecular weight excluding hydrogens is 214 g/mol. The van der Waals surface area contributed by atoms with E-state index in [9.17, 15) is 0 Å². The Labute approximate surface area is 101 Å². The van der Waals surface area contributed by atoms with E-state index in [2.05, 4.69) is 36.1 Å². The van der Waals surface area contributed by atoms with Gasteiger partial charge in [0.25, 0.3) is 0 Å². The molecule has 2 heterocycles. The van der Waals surface area contributed by atoms with E-state index in [4.69, 9.17) is 5.73 Å². The van der Waals surface area contributed by atoms with E-state index in [1.165, 1.54) is 0 Å². The van der Waals surface area contributed by atoms with E-state index >= 15 is 0 Å². The van der Waals surface area contributed by atoms with Crippen molar-refractivity contribution in [2.45, 2.75) is 33.2 Å². The van der Waals surface area contributed by atoms with Gasteiger partial charge in [0, 0.05) is 18.4 Å². The number of hydrogen-bond acceptors (Lipinski definition) is 4. The Balaban J connectivity index is 2.25. The fourth-order valence-electron chi connectivity index (χ4n) is 2.05. The minimum Gasteiger partial charge on any atom is -0.382 e. The largest absolute Gasteiger partial charge is 0.382 e. The van der Waals surface area contributed by atoms with Crippen LogP contribution in [0.25, 0.3) is 5.65 Å². The normalized spacial score (nSPS) is 13.2. The van der Waals surface area contributed by atoms with Crippen molar-refractivity contribution in [3.8, 4) is 0 Å². The highest BCUT2D eigenvalue weighted by atomic mass is 15.1. The molecular formula is C12H19N5. The van der Waals surface area contributed by atoms with Gasteiger partial charge in [0.15, 0.2) is 11.5 Å². The molecule has 0 saturated heterocycles. The van der Waals surface area contributed by atoms with Crippen molar-refractivity contribution < 1.29 is 0 Å². The summed E-state index contributed by atoms with van der Waals surface area (Å²) in [4.78, 5) is 8.58. The average molecular weight is 233 g/mol. The van der Waals surface area contributed by atoms with E-state index in [1.807, 2.05) is 10.6 Å². The second-order valence-corrected chi connectivity index (χ2v) is 4.85. The number of nitrogens with zero attached hydrogens (tertiary/aromatic N) is 3. The van der Waals surface area contributed by atoms with Gasteiger partial charge in [-0.3, -0.25) is 0 Å². The van der Waals surface area contributed by atoms with Gasteiger partial charge in [0.1, 0.15) is 5.82 Å². The van der Waals surface area contributed by atoms with Gasteiger partial charge in [0.2, 0.25) is 0 Å². The molecule has 1 atom stereocenters. The van der Waals surface area contributed by atoms with Crippen molar-refractivity contribution in [3.05, 3.63) is 18.6 Å². The number of aromatic nitrogens is 3. The van der Waals surface area contributed by atoms with Crippen LogP contribution in [0, 0.1) is 5.92 Å². The van der Waals surface area contributed by atoms with Crippen molar-refractivity contribution in [3.63, 3.8) is 0 Å². The van der Waals surface area contributed by atoms with Crippen LogP contribution in [0.2, 0.25) is 0 Å². The summed E-state index contributed by atoms with van der Waals surface area (Å²) >= 11 is 0. The van der Waals surface area contributed by atoms with Crippen molar-refractivity contribution in [1.82, 2.24) is 14.4 Å². The molecule has 5 heteroatoms. The molecule has 0 amide bonds. The van der Waals surface area contributed by atoms with E-state index in [1.54, 1.807) is 12.4 Å². The molecule has 0 spiro atoms. The number of imidazole rings is 1. The summed E-state index contributed by atoms with van der Waals surface area (Å²) < 4.78 is 1.88. The molecule has 0 aromatic carbocycles. The molecule has 0 fully saturated rings. The molecule has 0 saturated carbocycles. The molecule has 1 unspecified atom stereocenters. The molecule has 0 aliphatic carbocycles. The monoisotopic (exact) mass is 233 g/mol. The number of fused-ring (bicyclic) bond motifs is 1. The molecule has 0 radical (unpaired) electrons. The van der Waals surface area contributed by atoms with Crippen LogP contribution in [-0.4, -0.2) is 20.4 Å². The first kappa shape index (κ1) is 11.7. The van der Waals surface area contributed by atoms with Crippen molar-refractivity contribution >= 4 is 17.3 Å². The molecule has 2 aromatic heterocycles. The quantitative estimate of drug-likeness (QED) is 0.849. The summed E-state index contributed by atoms with van der Waals surface area (Å²) in [5, 5.41) is 3.37. The second-order valence-electron chi connectivity index (χ2n) is 4.85. The van der Waals surface area contributed by atoms with Gasteiger partial charge in [0.05, 0.1) is 6.20 Å². The predicted molar refractivity (Wildman–Crippen MR) is 69.9 cm³/mol. The van der Waals surface area contributed by atoms with Gasteiger partial charge in [-0.2, -0.15) is 0 Å². The van der Waals surface area contributed by atoms with Crippen molar-refractivity contribution in [1.29, 1.82) is 0 Å². The smallest absolute Gasteiger partial charge is 0.180 e. The highest BCUT2D eigenvalue weighted by Crippen LogP contribution is 2.17. The Morgan fingerprint density at radius 2 is 2.18 bits per heavy atom. The summed E-state index contributed by atoms with van der Waals surface area (Å²) in [5.74, 6) is 1.90. The van der Waals surface area contributed by atoms with Crippen molar-refractivity contribution in [2.24, 2.45) is 5.92 Å². The number of nitrogens with one attached hydrogen (secondary N) is 1. The average Bonchev–Trinajstić information content (AvgIpc) is 2.63. The maximum absolute atomic E-state index is 5.76. The van der Waals surface area contributed by atoms with Gasteiger partial charge >= 0.3 is 0 Å². The maximum Gasteiger partial charge on any atom is 0.180 e.